The molecule has 2 aromatic carbocycles. The van der Waals surface area contributed by atoms with Crippen LogP contribution in [0.15, 0.2) is 52.1 Å². The molecule has 1 atom stereocenters. The molecule has 7 nitrogen and oxygen atoms in total. The molecule has 1 unspecified atom stereocenters. The average Bonchev–Trinajstić information content (AvgIpc) is 2.70. The Morgan fingerprint density at radius 1 is 1.07 bits per heavy atom. The number of benzene rings is 2. The summed E-state index contributed by atoms with van der Waals surface area (Å²) in [5.41, 5.74) is 3.74. The predicted octanol–water partition coefficient (Wildman–Crippen LogP) is 2.46. The van der Waals surface area contributed by atoms with Crippen LogP contribution >= 0.6 is 0 Å². The number of hydrogen-bond acceptors (Lipinski definition) is 5. The minimum atomic E-state index is -0.682. The summed E-state index contributed by atoms with van der Waals surface area (Å²) in [4.78, 5) is 35.1. The number of aromatic nitrogens is 4. The van der Waals surface area contributed by atoms with Gasteiger partial charge in [0.25, 0.3) is 5.56 Å². The van der Waals surface area contributed by atoms with E-state index < -0.39 is 11.2 Å². The van der Waals surface area contributed by atoms with Gasteiger partial charge in [-0.15, -0.1) is 0 Å². The van der Waals surface area contributed by atoms with Gasteiger partial charge in [-0.2, -0.15) is 4.98 Å². The Labute approximate surface area is 167 Å². The van der Waals surface area contributed by atoms with Crippen molar-refractivity contribution >= 4 is 11.0 Å². The molecule has 4 rings (SSSR count). The van der Waals surface area contributed by atoms with Gasteiger partial charge < -0.3 is 9.30 Å². The van der Waals surface area contributed by atoms with Crippen LogP contribution in [0.4, 0.5) is 0 Å². The summed E-state index contributed by atoms with van der Waals surface area (Å²) in [7, 11) is 1.66. The molecule has 2 aliphatic heterocycles. The second-order valence-electron chi connectivity index (χ2n) is 7.24. The van der Waals surface area contributed by atoms with Crippen LogP contribution in [0.1, 0.15) is 16.7 Å². The van der Waals surface area contributed by atoms with E-state index in [1.54, 1.807) is 7.11 Å². The third-order valence-electron chi connectivity index (χ3n) is 5.25. The molecule has 0 spiro atoms. The highest BCUT2D eigenvalue weighted by Gasteiger charge is 2.21. The Morgan fingerprint density at radius 2 is 1.79 bits per heavy atom. The Hall–Kier alpha value is -3.32. The quantitative estimate of drug-likeness (QED) is 0.529. The number of aromatic amines is 1. The van der Waals surface area contributed by atoms with E-state index in [-0.39, 0.29) is 17.6 Å². The minimum Gasteiger partial charge on any atom is -0.379 e. The Morgan fingerprint density at radius 3 is 2.52 bits per heavy atom. The number of rotatable bonds is 5. The predicted molar refractivity (Wildman–Crippen MR) is 111 cm³/mol. The first-order valence-electron chi connectivity index (χ1n) is 9.45. The number of fused-ring (bicyclic) bond motifs is 2. The zero-order valence-electron chi connectivity index (χ0n) is 16.6. The number of H-pyrrole nitrogens is 1. The van der Waals surface area contributed by atoms with Crippen LogP contribution in [0.2, 0.25) is 0 Å². The average molecular weight is 390 g/mol. The van der Waals surface area contributed by atoms with Gasteiger partial charge in [0.1, 0.15) is 0 Å². The van der Waals surface area contributed by atoms with Gasteiger partial charge in [-0.25, -0.2) is 9.78 Å². The molecule has 7 heteroatoms. The molecule has 2 heterocycles. The zero-order valence-corrected chi connectivity index (χ0v) is 16.6. The van der Waals surface area contributed by atoms with Crippen LogP contribution in [0.3, 0.4) is 0 Å². The Kier molecular flexibility index (Phi) is 4.98. The van der Waals surface area contributed by atoms with Gasteiger partial charge in [0.15, 0.2) is 11.5 Å². The molecule has 1 N–H and O–H groups in total. The smallest absolute Gasteiger partial charge is 0.349 e. The van der Waals surface area contributed by atoms with Crippen LogP contribution in [0.5, 0.6) is 0 Å². The third-order valence-corrected chi connectivity index (χ3v) is 5.25. The lowest BCUT2D eigenvalue weighted by molar-refractivity contribution is 0.0890. The van der Waals surface area contributed by atoms with Crippen LogP contribution in [0.25, 0.3) is 22.6 Å². The standard InChI is InChI=1S/C22H22N4O3/c1-13-9-17-18(10-14(13)2)26(20-19(23-17)21(27)25-22(28)24-20)12-16(29-3)11-15-7-5-4-6-8-15/h4-10,16H,11-12H2,1-3H3,(H,25,27,28). The van der Waals surface area contributed by atoms with Crippen molar-refractivity contribution in [2.24, 2.45) is 0 Å². The Bertz CT molecular complexity index is 1260. The van der Waals surface area contributed by atoms with E-state index >= 15 is 0 Å². The summed E-state index contributed by atoms with van der Waals surface area (Å²) in [6.07, 6.45) is 0.516. The highest BCUT2D eigenvalue weighted by molar-refractivity contribution is 5.81. The molecular weight excluding hydrogens is 368 g/mol. The second-order valence-corrected chi connectivity index (χ2v) is 7.24. The molecular formula is C22H22N4O3. The molecule has 0 aromatic heterocycles. The van der Waals surface area contributed by atoms with Gasteiger partial charge in [-0.3, -0.25) is 9.78 Å². The van der Waals surface area contributed by atoms with Crippen molar-refractivity contribution in [3.8, 4) is 11.5 Å². The largest absolute Gasteiger partial charge is 0.379 e. The molecule has 2 aliphatic rings. The van der Waals surface area contributed by atoms with E-state index in [1.165, 1.54) is 0 Å². The molecule has 29 heavy (non-hydrogen) atoms. The van der Waals surface area contributed by atoms with Gasteiger partial charge in [-0.05, 0) is 42.7 Å². The number of aryl methyl sites for hydroxylation is 2. The maximum Gasteiger partial charge on any atom is 0.349 e. The lowest BCUT2D eigenvalue weighted by atomic mass is 10.1. The summed E-state index contributed by atoms with van der Waals surface area (Å²) in [5, 5.41) is 0. The first-order valence-corrected chi connectivity index (χ1v) is 9.45. The fraction of sp³-hybridized carbons (Fsp3) is 0.273. The number of nitrogens with one attached hydrogen (secondary N) is 1. The normalized spacial score (nSPS) is 12.5. The van der Waals surface area contributed by atoms with Crippen LogP contribution in [-0.4, -0.2) is 32.7 Å². The lowest BCUT2D eigenvalue weighted by Gasteiger charge is -2.22. The van der Waals surface area contributed by atoms with E-state index in [9.17, 15) is 9.59 Å². The zero-order chi connectivity index (χ0) is 20.5. The fourth-order valence-electron chi connectivity index (χ4n) is 3.54. The summed E-state index contributed by atoms with van der Waals surface area (Å²) < 4.78 is 7.61. The molecule has 0 aliphatic carbocycles. The summed E-state index contributed by atoms with van der Waals surface area (Å²) in [6.45, 7) is 4.45. The van der Waals surface area contributed by atoms with E-state index in [1.807, 2.05) is 60.9 Å². The number of hydrogen-bond donors (Lipinski definition) is 1. The molecule has 0 fully saturated rings. The van der Waals surface area contributed by atoms with Crippen molar-refractivity contribution in [1.82, 2.24) is 19.5 Å². The second kappa shape index (κ2) is 7.60. The fourth-order valence-corrected chi connectivity index (χ4v) is 3.54. The summed E-state index contributed by atoms with van der Waals surface area (Å²) in [6, 6.07) is 14.0. The van der Waals surface area contributed by atoms with Crippen molar-refractivity contribution in [1.29, 1.82) is 0 Å². The molecule has 148 valence electrons. The van der Waals surface area contributed by atoms with Crippen LogP contribution < -0.4 is 11.2 Å². The van der Waals surface area contributed by atoms with E-state index in [0.717, 1.165) is 22.2 Å². The first kappa shape index (κ1) is 19.0. The number of nitrogens with zero attached hydrogens (tertiary/aromatic N) is 3. The molecule has 0 amide bonds. The van der Waals surface area contributed by atoms with Crippen molar-refractivity contribution in [3.63, 3.8) is 0 Å². The number of methoxy groups -OCH3 is 1. The highest BCUT2D eigenvalue weighted by Crippen LogP contribution is 2.24. The highest BCUT2D eigenvalue weighted by atomic mass is 16.5. The van der Waals surface area contributed by atoms with Gasteiger partial charge >= 0.3 is 5.69 Å². The third kappa shape index (κ3) is 3.69. The summed E-state index contributed by atoms with van der Waals surface area (Å²) in [5.74, 6) is 0.268. The van der Waals surface area contributed by atoms with Gasteiger partial charge in [-0.1, -0.05) is 30.3 Å². The molecule has 0 bridgehead atoms. The lowest BCUT2D eigenvalue weighted by Crippen LogP contribution is -2.31. The van der Waals surface area contributed by atoms with E-state index in [2.05, 4.69) is 15.0 Å². The van der Waals surface area contributed by atoms with E-state index in [4.69, 9.17) is 4.74 Å². The topological polar surface area (TPSA) is 89.9 Å². The van der Waals surface area contributed by atoms with Crippen molar-refractivity contribution < 1.29 is 4.74 Å². The van der Waals surface area contributed by atoms with Crippen LogP contribution in [-0.2, 0) is 17.7 Å². The summed E-state index contributed by atoms with van der Waals surface area (Å²) >= 11 is 0. The van der Waals surface area contributed by atoms with E-state index in [0.29, 0.717) is 18.5 Å². The first-order chi connectivity index (χ1) is 14.0. The van der Waals surface area contributed by atoms with Gasteiger partial charge in [0.05, 0.1) is 23.7 Å². The van der Waals surface area contributed by atoms with Gasteiger partial charge in [0, 0.05) is 13.5 Å². The molecule has 0 saturated heterocycles. The number of ether oxygens (including phenoxy) is 1. The van der Waals surface area contributed by atoms with Crippen LogP contribution in [0, 0.1) is 13.8 Å². The maximum atomic E-state index is 12.4. The van der Waals surface area contributed by atoms with Crippen molar-refractivity contribution in [2.75, 3.05) is 7.11 Å². The van der Waals surface area contributed by atoms with Gasteiger partial charge in [0.2, 0.25) is 0 Å². The Balaban J connectivity index is 1.91. The minimum absolute atomic E-state index is 0.148. The molecule has 0 saturated carbocycles. The maximum absolute atomic E-state index is 12.4. The monoisotopic (exact) mass is 390 g/mol. The SMILES string of the molecule is COC(Cc1ccccc1)Cn1c2nc(=O)[nH]c(=O)c-2nc2cc(C)c(C)cc21. The van der Waals surface area contributed by atoms with Crippen molar-refractivity contribution in [3.05, 3.63) is 80.0 Å². The molecule has 2 aromatic rings. The molecule has 0 radical (unpaired) electrons. The van der Waals surface area contributed by atoms with Crippen molar-refractivity contribution in [2.45, 2.75) is 32.9 Å².